The molecule has 2 aromatic carbocycles. The second kappa shape index (κ2) is 8.50. The fourth-order valence-electron chi connectivity index (χ4n) is 2.78. The van der Waals surface area contributed by atoms with E-state index < -0.39 is 0 Å². The number of halogens is 1. The number of benzene rings is 2. The van der Waals surface area contributed by atoms with Crippen molar-refractivity contribution in [1.82, 2.24) is 19.7 Å². The van der Waals surface area contributed by atoms with Crippen LogP contribution in [-0.4, -0.2) is 38.5 Å². The van der Waals surface area contributed by atoms with Crippen molar-refractivity contribution in [2.24, 2.45) is 0 Å². The second-order valence-corrected chi connectivity index (χ2v) is 7.39. The average molecular weight is 426 g/mol. The molecule has 0 aliphatic carbocycles. The molecule has 1 amide bonds. The van der Waals surface area contributed by atoms with Gasteiger partial charge in [-0.25, -0.2) is 14.6 Å². The smallest absolute Gasteiger partial charge is 0.234 e. The highest BCUT2D eigenvalue weighted by molar-refractivity contribution is 8.00. The summed E-state index contributed by atoms with van der Waals surface area (Å²) >= 11 is 7.28. The fraction of sp³-hybridized carbons (Fsp3) is 0.100. The van der Waals surface area contributed by atoms with Gasteiger partial charge in [0, 0.05) is 5.02 Å². The van der Waals surface area contributed by atoms with E-state index in [0.29, 0.717) is 27.1 Å². The summed E-state index contributed by atoms with van der Waals surface area (Å²) in [5.41, 5.74) is 2.13. The first-order valence-electron chi connectivity index (χ1n) is 8.66. The lowest BCUT2D eigenvalue weighted by Gasteiger charge is -2.09. The van der Waals surface area contributed by atoms with Crippen LogP contribution in [0.4, 0.5) is 5.69 Å². The van der Waals surface area contributed by atoms with E-state index in [2.05, 4.69) is 20.4 Å². The van der Waals surface area contributed by atoms with Gasteiger partial charge >= 0.3 is 0 Å². The molecule has 0 unspecified atom stereocenters. The Bertz CT molecular complexity index is 1160. The molecule has 0 aliphatic rings. The summed E-state index contributed by atoms with van der Waals surface area (Å²) in [7, 11) is 1.57. The normalized spacial score (nSPS) is 10.8. The highest BCUT2D eigenvalue weighted by Gasteiger charge is 2.14. The van der Waals surface area contributed by atoms with E-state index in [4.69, 9.17) is 16.3 Å². The number of methoxy groups -OCH3 is 1. The first-order chi connectivity index (χ1) is 14.2. The SMILES string of the molecule is COc1ccccc1NC(=O)CSc1ncnc2c1cnn2-c1ccc(Cl)cc1. The Morgan fingerprint density at radius 3 is 2.76 bits per heavy atom. The van der Waals surface area contributed by atoms with Crippen LogP contribution in [0.25, 0.3) is 16.7 Å². The number of ether oxygens (including phenoxy) is 1. The first-order valence-corrected chi connectivity index (χ1v) is 10.0. The number of carbonyl (C=O) groups is 1. The Morgan fingerprint density at radius 2 is 1.97 bits per heavy atom. The monoisotopic (exact) mass is 425 g/mol. The summed E-state index contributed by atoms with van der Waals surface area (Å²) in [5, 5.41) is 9.38. The van der Waals surface area contributed by atoms with E-state index in [9.17, 15) is 4.79 Å². The van der Waals surface area contributed by atoms with Gasteiger partial charge in [-0.3, -0.25) is 4.79 Å². The lowest BCUT2D eigenvalue weighted by atomic mass is 10.3. The lowest BCUT2D eigenvalue weighted by Crippen LogP contribution is -2.14. The molecule has 0 saturated heterocycles. The standard InChI is InChI=1S/C20H16ClN5O2S/c1-28-17-5-3-2-4-16(17)25-18(27)11-29-20-15-10-24-26(19(15)22-12-23-20)14-8-6-13(21)7-9-14/h2-10,12H,11H2,1H3,(H,25,27). The van der Waals surface area contributed by atoms with Crippen molar-refractivity contribution < 1.29 is 9.53 Å². The number of hydrogen-bond donors (Lipinski definition) is 1. The van der Waals surface area contributed by atoms with E-state index in [1.165, 1.54) is 18.1 Å². The van der Waals surface area contributed by atoms with E-state index in [-0.39, 0.29) is 11.7 Å². The maximum atomic E-state index is 12.4. The molecule has 0 atom stereocenters. The number of nitrogens with zero attached hydrogens (tertiary/aromatic N) is 4. The number of fused-ring (bicyclic) bond motifs is 1. The summed E-state index contributed by atoms with van der Waals surface area (Å²) in [6.45, 7) is 0. The maximum absolute atomic E-state index is 12.4. The van der Waals surface area contributed by atoms with Crippen molar-refractivity contribution in [3.63, 3.8) is 0 Å². The first kappa shape index (κ1) is 19.2. The van der Waals surface area contributed by atoms with Crippen molar-refractivity contribution in [2.75, 3.05) is 18.2 Å². The summed E-state index contributed by atoms with van der Waals surface area (Å²) in [6, 6.07) is 14.6. The van der Waals surface area contributed by atoms with Crippen molar-refractivity contribution >= 4 is 46.0 Å². The number of nitrogens with one attached hydrogen (secondary N) is 1. The van der Waals surface area contributed by atoms with Crippen LogP contribution in [0.1, 0.15) is 0 Å². The van der Waals surface area contributed by atoms with Gasteiger partial charge in [-0.05, 0) is 36.4 Å². The molecule has 9 heteroatoms. The molecule has 0 fully saturated rings. The Hall–Kier alpha value is -3.10. The number of hydrogen-bond acceptors (Lipinski definition) is 6. The van der Waals surface area contributed by atoms with Gasteiger partial charge in [0.25, 0.3) is 0 Å². The molecule has 4 rings (SSSR count). The van der Waals surface area contributed by atoms with Crippen LogP contribution < -0.4 is 10.1 Å². The Morgan fingerprint density at radius 1 is 1.17 bits per heavy atom. The minimum absolute atomic E-state index is 0.156. The van der Waals surface area contributed by atoms with E-state index in [1.807, 2.05) is 24.3 Å². The van der Waals surface area contributed by atoms with Crippen molar-refractivity contribution in [3.05, 3.63) is 66.1 Å². The molecule has 0 aliphatic heterocycles. The number of thioether (sulfide) groups is 1. The van der Waals surface area contributed by atoms with E-state index in [1.54, 1.807) is 42.3 Å². The van der Waals surface area contributed by atoms with Crippen LogP contribution in [0, 0.1) is 0 Å². The third kappa shape index (κ3) is 4.18. The van der Waals surface area contributed by atoms with Crippen LogP contribution >= 0.6 is 23.4 Å². The van der Waals surface area contributed by atoms with Crippen molar-refractivity contribution in [3.8, 4) is 11.4 Å². The second-order valence-electron chi connectivity index (χ2n) is 5.99. The molecule has 4 aromatic rings. The van der Waals surface area contributed by atoms with Crippen LogP contribution in [0.2, 0.25) is 5.02 Å². The fourth-order valence-corrected chi connectivity index (χ4v) is 3.66. The molecule has 0 spiro atoms. The van der Waals surface area contributed by atoms with Gasteiger partial charge in [-0.1, -0.05) is 35.5 Å². The molecular formula is C20H16ClN5O2S. The largest absolute Gasteiger partial charge is 0.495 e. The van der Waals surface area contributed by atoms with Crippen LogP contribution in [0.15, 0.2) is 66.1 Å². The van der Waals surface area contributed by atoms with Gasteiger partial charge in [0.2, 0.25) is 5.91 Å². The van der Waals surface area contributed by atoms with E-state index in [0.717, 1.165) is 11.1 Å². The lowest BCUT2D eigenvalue weighted by molar-refractivity contribution is -0.113. The number of carbonyl (C=O) groups excluding carboxylic acids is 1. The molecule has 7 nitrogen and oxygen atoms in total. The quantitative estimate of drug-likeness (QED) is 0.368. The highest BCUT2D eigenvalue weighted by atomic mass is 35.5. The Kier molecular flexibility index (Phi) is 5.64. The molecule has 0 saturated carbocycles. The summed E-state index contributed by atoms with van der Waals surface area (Å²) in [6.07, 6.45) is 3.17. The molecule has 0 bridgehead atoms. The molecule has 1 N–H and O–H groups in total. The maximum Gasteiger partial charge on any atom is 0.234 e. The molecule has 29 heavy (non-hydrogen) atoms. The molecule has 2 heterocycles. The topological polar surface area (TPSA) is 81.9 Å². The minimum atomic E-state index is -0.156. The Balaban J connectivity index is 1.51. The van der Waals surface area contributed by atoms with Crippen LogP contribution in [0.5, 0.6) is 5.75 Å². The molecule has 2 aromatic heterocycles. The zero-order chi connectivity index (χ0) is 20.2. The Labute approximate surface area is 176 Å². The average Bonchev–Trinajstić information content (AvgIpc) is 3.18. The number of aromatic nitrogens is 4. The third-order valence-electron chi connectivity index (χ3n) is 4.12. The predicted octanol–water partition coefficient (Wildman–Crippen LogP) is 4.21. The summed E-state index contributed by atoms with van der Waals surface area (Å²) < 4.78 is 6.97. The van der Waals surface area contributed by atoms with Gasteiger partial charge in [0.15, 0.2) is 5.65 Å². The summed E-state index contributed by atoms with van der Waals surface area (Å²) in [5.74, 6) is 0.645. The van der Waals surface area contributed by atoms with Gasteiger partial charge in [0.05, 0.1) is 35.8 Å². The zero-order valence-corrected chi connectivity index (χ0v) is 16.9. The van der Waals surface area contributed by atoms with Crippen molar-refractivity contribution in [1.29, 1.82) is 0 Å². The predicted molar refractivity (Wildman–Crippen MR) is 114 cm³/mol. The van der Waals surface area contributed by atoms with Gasteiger partial charge in [-0.2, -0.15) is 5.10 Å². The molecule has 0 radical (unpaired) electrons. The third-order valence-corrected chi connectivity index (χ3v) is 5.38. The van der Waals surface area contributed by atoms with Crippen LogP contribution in [0.3, 0.4) is 0 Å². The van der Waals surface area contributed by atoms with Gasteiger partial charge in [-0.15, -0.1) is 0 Å². The minimum Gasteiger partial charge on any atom is -0.495 e. The zero-order valence-electron chi connectivity index (χ0n) is 15.4. The van der Waals surface area contributed by atoms with Gasteiger partial charge < -0.3 is 10.1 Å². The number of amides is 1. The van der Waals surface area contributed by atoms with E-state index >= 15 is 0 Å². The molecular weight excluding hydrogens is 410 g/mol. The highest BCUT2D eigenvalue weighted by Crippen LogP contribution is 2.27. The number of para-hydroxylation sites is 2. The summed E-state index contributed by atoms with van der Waals surface area (Å²) in [4.78, 5) is 21.0. The van der Waals surface area contributed by atoms with Gasteiger partial charge in [0.1, 0.15) is 17.1 Å². The number of anilines is 1. The van der Waals surface area contributed by atoms with Crippen molar-refractivity contribution in [2.45, 2.75) is 5.03 Å². The number of rotatable bonds is 6. The van der Waals surface area contributed by atoms with Crippen LogP contribution in [-0.2, 0) is 4.79 Å². The molecule has 146 valence electrons.